The van der Waals surface area contributed by atoms with Crippen LogP contribution in [0.1, 0.15) is 19.8 Å². The van der Waals surface area contributed by atoms with Gasteiger partial charge in [0.05, 0.1) is 13.3 Å². The number of ether oxygens (including phenoxy) is 2. The van der Waals surface area contributed by atoms with Gasteiger partial charge in [-0.15, -0.1) is 0 Å². The van der Waals surface area contributed by atoms with Crippen molar-refractivity contribution in [3.63, 3.8) is 0 Å². The summed E-state index contributed by atoms with van der Waals surface area (Å²) in [6, 6.07) is 0. The van der Waals surface area contributed by atoms with Gasteiger partial charge in [-0.25, -0.2) is 0 Å². The molecule has 1 fully saturated rings. The summed E-state index contributed by atoms with van der Waals surface area (Å²) in [5, 5.41) is 3.44. The molecule has 1 heterocycles. The maximum absolute atomic E-state index is 5.42. The minimum atomic E-state index is 0.806. The van der Waals surface area contributed by atoms with Gasteiger partial charge in [0.15, 0.2) is 0 Å². The van der Waals surface area contributed by atoms with Gasteiger partial charge in [0.1, 0.15) is 0 Å². The topological polar surface area (TPSA) is 33.7 Å². The Bertz CT molecular complexity index is 159. The molecular formula is C12H26N2O2. The molecule has 1 aliphatic heterocycles. The van der Waals surface area contributed by atoms with Crippen LogP contribution in [0.3, 0.4) is 0 Å². The molecule has 96 valence electrons. The predicted molar refractivity (Wildman–Crippen MR) is 65.5 cm³/mol. The molecule has 0 aliphatic carbocycles. The number of nitrogens with zero attached hydrogens (tertiary/aromatic N) is 1. The summed E-state index contributed by atoms with van der Waals surface area (Å²) in [4.78, 5) is 2.40. The molecule has 1 N–H and O–H groups in total. The van der Waals surface area contributed by atoms with E-state index in [-0.39, 0.29) is 0 Å². The standard InChI is InChI=1S/C12H26N2O2/c1-3-16-11-14-7-4-12(5-8-14)10-13-6-9-15-2/h12-13H,3-11H2,1-2H3. The number of hydrogen-bond donors (Lipinski definition) is 1. The quantitative estimate of drug-likeness (QED) is 0.629. The highest BCUT2D eigenvalue weighted by molar-refractivity contribution is 4.72. The maximum atomic E-state index is 5.42. The fraction of sp³-hybridized carbons (Fsp3) is 1.00. The molecular weight excluding hydrogens is 204 g/mol. The van der Waals surface area contributed by atoms with E-state index in [2.05, 4.69) is 10.2 Å². The molecule has 4 nitrogen and oxygen atoms in total. The lowest BCUT2D eigenvalue weighted by molar-refractivity contribution is 0.0166. The summed E-state index contributed by atoms with van der Waals surface area (Å²) < 4.78 is 10.4. The van der Waals surface area contributed by atoms with Gasteiger partial charge in [0.25, 0.3) is 0 Å². The maximum Gasteiger partial charge on any atom is 0.0990 e. The second kappa shape index (κ2) is 8.93. The Labute approximate surface area is 99.3 Å². The van der Waals surface area contributed by atoms with Crippen molar-refractivity contribution in [2.75, 3.05) is 53.2 Å². The molecule has 0 amide bonds. The van der Waals surface area contributed by atoms with Crippen LogP contribution in [-0.4, -0.2) is 58.1 Å². The van der Waals surface area contributed by atoms with Gasteiger partial charge in [-0.05, 0) is 32.2 Å². The minimum Gasteiger partial charge on any atom is -0.383 e. The number of hydrogen-bond acceptors (Lipinski definition) is 4. The summed E-state index contributed by atoms with van der Waals surface area (Å²) >= 11 is 0. The summed E-state index contributed by atoms with van der Waals surface area (Å²) in [6.07, 6.45) is 2.57. The van der Waals surface area contributed by atoms with Gasteiger partial charge in [-0.2, -0.15) is 0 Å². The Morgan fingerprint density at radius 2 is 2.06 bits per heavy atom. The highest BCUT2D eigenvalue weighted by Crippen LogP contribution is 2.15. The van der Waals surface area contributed by atoms with Crippen LogP contribution in [0.2, 0.25) is 0 Å². The molecule has 0 aromatic carbocycles. The van der Waals surface area contributed by atoms with Crippen molar-refractivity contribution < 1.29 is 9.47 Å². The third-order valence-corrected chi connectivity index (χ3v) is 3.10. The lowest BCUT2D eigenvalue weighted by Gasteiger charge is -2.31. The van der Waals surface area contributed by atoms with Crippen LogP contribution in [0, 0.1) is 5.92 Å². The molecule has 0 atom stereocenters. The first-order valence-corrected chi connectivity index (χ1v) is 6.36. The van der Waals surface area contributed by atoms with Gasteiger partial charge in [0, 0.05) is 33.4 Å². The Hall–Kier alpha value is -0.160. The van der Waals surface area contributed by atoms with E-state index in [1.807, 2.05) is 6.92 Å². The summed E-state index contributed by atoms with van der Waals surface area (Å²) in [5.74, 6) is 0.828. The molecule has 1 aliphatic rings. The summed E-state index contributed by atoms with van der Waals surface area (Å²) in [7, 11) is 1.74. The van der Waals surface area contributed by atoms with E-state index >= 15 is 0 Å². The summed E-state index contributed by atoms with van der Waals surface area (Å²) in [5.41, 5.74) is 0. The number of piperidine rings is 1. The normalized spacial score (nSPS) is 19.1. The van der Waals surface area contributed by atoms with Crippen molar-refractivity contribution in [2.24, 2.45) is 5.92 Å². The summed E-state index contributed by atoms with van der Waals surface area (Å²) in [6.45, 7) is 8.93. The third kappa shape index (κ3) is 5.80. The van der Waals surface area contributed by atoms with Crippen molar-refractivity contribution in [1.29, 1.82) is 0 Å². The first kappa shape index (κ1) is 13.9. The van der Waals surface area contributed by atoms with E-state index in [4.69, 9.17) is 9.47 Å². The molecule has 0 radical (unpaired) electrons. The smallest absolute Gasteiger partial charge is 0.0990 e. The molecule has 0 aromatic rings. The molecule has 16 heavy (non-hydrogen) atoms. The zero-order chi connectivity index (χ0) is 11.6. The van der Waals surface area contributed by atoms with Crippen LogP contribution in [-0.2, 0) is 9.47 Å². The second-order valence-corrected chi connectivity index (χ2v) is 4.38. The predicted octanol–water partition coefficient (Wildman–Crippen LogP) is 0.928. The lowest BCUT2D eigenvalue weighted by Crippen LogP contribution is -2.38. The van der Waals surface area contributed by atoms with Crippen molar-refractivity contribution in [1.82, 2.24) is 10.2 Å². The van der Waals surface area contributed by atoms with Crippen LogP contribution in [0.5, 0.6) is 0 Å². The van der Waals surface area contributed by atoms with E-state index in [1.54, 1.807) is 7.11 Å². The first-order valence-electron chi connectivity index (χ1n) is 6.36. The zero-order valence-electron chi connectivity index (χ0n) is 10.7. The third-order valence-electron chi connectivity index (χ3n) is 3.10. The second-order valence-electron chi connectivity index (χ2n) is 4.38. The fourth-order valence-electron chi connectivity index (χ4n) is 2.02. The molecule has 0 saturated carbocycles. The highest BCUT2D eigenvalue weighted by Gasteiger charge is 2.18. The van der Waals surface area contributed by atoms with E-state index in [1.165, 1.54) is 25.9 Å². The Kier molecular flexibility index (Phi) is 7.76. The average Bonchev–Trinajstić information content (AvgIpc) is 2.33. The highest BCUT2D eigenvalue weighted by atomic mass is 16.5. The number of methoxy groups -OCH3 is 1. The van der Waals surface area contributed by atoms with Crippen molar-refractivity contribution in [3.05, 3.63) is 0 Å². The van der Waals surface area contributed by atoms with Gasteiger partial charge in [-0.1, -0.05) is 0 Å². The van der Waals surface area contributed by atoms with Crippen LogP contribution in [0.25, 0.3) is 0 Å². The fourth-order valence-corrected chi connectivity index (χ4v) is 2.02. The molecule has 0 aromatic heterocycles. The Balaban J connectivity index is 1.98. The zero-order valence-corrected chi connectivity index (χ0v) is 10.7. The van der Waals surface area contributed by atoms with Crippen LogP contribution >= 0.6 is 0 Å². The van der Waals surface area contributed by atoms with E-state index in [0.29, 0.717) is 0 Å². The number of rotatable bonds is 8. The van der Waals surface area contributed by atoms with E-state index in [9.17, 15) is 0 Å². The lowest BCUT2D eigenvalue weighted by atomic mass is 9.97. The molecule has 0 bridgehead atoms. The Morgan fingerprint density at radius 3 is 2.69 bits per heavy atom. The molecule has 0 unspecified atom stereocenters. The number of likely N-dealkylation sites (tertiary alicyclic amines) is 1. The van der Waals surface area contributed by atoms with Crippen molar-refractivity contribution in [3.8, 4) is 0 Å². The molecule has 1 rings (SSSR count). The molecule has 0 spiro atoms. The van der Waals surface area contributed by atoms with Gasteiger partial charge in [-0.3, -0.25) is 4.90 Å². The van der Waals surface area contributed by atoms with Crippen molar-refractivity contribution >= 4 is 0 Å². The molecule has 1 saturated heterocycles. The minimum absolute atomic E-state index is 0.806. The first-order chi connectivity index (χ1) is 7.86. The van der Waals surface area contributed by atoms with Crippen LogP contribution < -0.4 is 5.32 Å². The van der Waals surface area contributed by atoms with Crippen LogP contribution in [0.15, 0.2) is 0 Å². The van der Waals surface area contributed by atoms with E-state index < -0.39 is 0 Å². The van der Waals surface area contributed by atoms with E-state index in [0.717, 1.165) is 39.0 Å². The molecule has 4 heteroatoms. The van der Waals surface area contributed by atoms with Crippen molar-refractivity contribution in [2.45, 2.75) is 19.8 Å². The number of nitrogens with one attached hydrogen (secondary N) is 1. The largest absolute Gasteiger partial charge is 0.383 e. The van der Waals surface area contributed by atoms with Gasteiger partial charge < -0.3 is 14.8 Å². The Morgan fingerprint density at radius 1 is 1.31 bits per heavy atom. The van der Waals surface area contributed by atoms with Gasteiger partial charge in [0.2, 0.25) is 0 Å². The monoisotopic (exact) mass is 230 g/mol. The average molecular weight is 230 g/mol. The van der Waals surface area contributed by atoms with Crippen LogP contribution in [0.4, 0.5) is 0 Å². The SMILES string of the molecule is CCOCN1CCC(CNCCOC)CC1. The van der Waals surface area contributed by atoms with Gasteiger partial charge >= 0.3 is 0 Å².